The van der Waals surface area contributed by atoms with Crippen LogP contribution in [0.5, 0.6) is 0 Å². The molecule has 1 aliphatic rings. The van der Waals surface area contributed by atoms with E-state index in [2.05, 4.69) is 60.1 Å². The molecule has 0 aliphatic carbocycles. The molecule has 2 heterocycles. The minimum absolute atomic E-state index is 0.0706. The third-order valence-electron chi connectivity index (χ3n) is 3.79. The van der Waals surface area contributed by atoms with Crippen LogP contribution in [0.1, 0.15) is 46.0 Å². The van der Waals surface area contributed by atoms with E-state index in [0.29, 0.717) is 6.04 Å². The van der Waals surface area contributed by atoms with Crippen molar-refractivity contribution < 1.29 is 0 Å². The van der Waals surface area contributed by atoms with Crippen molar-refractivity contribution in [3.05, 3.63) is 5.82 Å². The first-order valence-electron chi connectivity index (χ1n) is 7.15. The van der Waals surface area contributed by atoms with Gasteiger partial charge in [-0.1, -0.05) is 6.92 Å². The van der Waals surface area contributed by atoms with Crippen LogP contribution < -0.4 is 0 Å². The van der Waals surface area contributed by atoms with E-state index >= 15 is 0 Å². The maximum absolute atomic E-state index is 4.29. The number of aromatic nitrogens is 4. The van der Waals surface area contributed by atoms with Gasteiger partial charge in [0.15, 0.2) is 5.82 Å². The standard InChI is InChI=1S/C13H26N6/c1-6-11(18-9-7-17(5)8-10-18)12-14-15-16-19(12)13(2,3)4/h11H,6-10H2,1-5H3. The predicted octanol–water partition coefficient (Wildman–Crippen LogP) is 1.13. The second-order valence-corrected chi connectivity index (χ2v) is 6.38. The van der Waals surface area contributed by atoms with Gasteiger partial charge in [-0.2, -0.15) is 0 Å². The molecule has 0 amide bonds. The molecule has 0 N–H and O–H groups in total. The Morgan fingerprint density at radius 1 is 1.16 bits per heavy atom. The van der Waals surface area contributed by atoms with Gasteiger partial charge in [-0.3, -0.25) is 4.90 Å². The lowest BCUT2D eigenvalue weighted by atomic mass is 10.1. The van der Waals surface area contributed by atoms with Gasteiger partial charge in [0.25, 0.3) is 0 Å². The zero-order valence-corrected chi connectivity index (χ0v) is 12.8. The highest BCUT2D eigenvalue weighted by molar-refractivity contribution is 4.97. The van der Waals surface area contributed by atoms with E-state index in [1.807, 2.05) is 4.68 Å². The van der Waals surface area contributed by atoms with Gasteiger partial charge in [0.1, 0.15) is 0 Å². The molecule has 0 aromatic carbocycles. The Morgan fingerprint density at radius 2 is 1.79 bits per heavy atom. The highest BCUT2D eigenvalue weighted by atomic mass is 15.6. The minimum Gasteiger partial charge on any atom is -0.304 e. The topological polar surface area (TPSA) is 50.1 Å². The van der Waals surface area contributed by atoms with Crippen molar-refractivity contribution in [2.24, 2.45) is 0 Å². The molecular weight excluding hydrogens is 240 g/mol. The first-order chi connectivity index (χ1) is 8.93. The van der Waals surface area contributed by atoms with Gasteiger partial charge in [-0.25, -0.2) is 4.68 Å². The molecule has 0 saturated carbocycles. The third kappa shape index (κ3) is 3.12. The Morgan fingerprint density at radius 3 is 2.32 bits per heavy atom. The summed E-state index contributed by atoms with van der Waals surface area (Å²) in [5.74, 6) is 1.000. The largest absolute Gasteiger partial charge is 0.304 e. The van der Waals surface area contributed by atoms with Crippen LogP contribution in [0.4, 0.5) is 0 Å². The lowest BCUT2D eigenvalue weighted by Crippen LogP contribution is -2.46. The first kappa shape index (κ1) is 14.4. The summed E-state index contributed by atoms with van der Waals surface area (Å²) in [6.07, 6.45) is 1.04. The summed E-state index contributed by atoms with van der Waals surface area (Å²) in [6, 6.07) is 0.322. The van der Waals surface area contributed by atoms with Crippen molar-refractivity contribution in [2.75, 3.05) is 33.2 Å². The smallest absolute Gasteiger partial charge is 0.168 e. The molecule has 1 fully saturated rings. The second-order valence-electron chi connectivity index (χ2n) is 6.38. The van der Waals surface area contributed by atoms with Gasteiger partial charge in [0.2, 0.25) is 0 Å². The molecular formula is C13H26N6. The number of tetrazole rings is 1. The number of piperazine rings is 1. The Kier molecular flexibility index (Phi) is 4.20. The van der Waals surface area contributed by atoms with E-state index < -0.39 is 0 Å². The SMILES string of the molecule is CCC(c1nnnn1C(C)(C)C)N1CCN(C)CC1. The van der Waals surface area contributed by atoms with E-state index in [4.69, 9.17) is 0 Å². The van der Waals surface area contributed by atoms with Crippen LogP contribution in [0.2, 0.25) is 0 Å². The lowest BCUT2D eigenvalue weighted by Gasteiger charge is -2.37. The number of rotatable bonds is 3. The molecule has 1 unspecified atom stereocenters. The van der Waals surface area contributed by atoms with Crippen molar-refractivity contribution in [3.8, 4) is 0 Å². The second kappa shape index (κ2) is 5.54. The molecule has 1 aromatic rings. The zero-order valence-electron chi connectivity index (χ0n) is 12.8. The normalized spacial score (nSPS) is 20.7. The molecule has 1 aromatic heterocycles. The average molecular weight is 266 g/mol. The fourth-order valence-electron chi connectivity index (χ4n) is 2.62. The van der Waals surface area contributed by atoms with E-state index in [-0.39, 0.29) is 5.54 Å². The quantitative estimate of drug-likeness (QED) is 0.821. The van der Waals surface area contributed by atoms with Crippen LogP contribution in [-0.4, -0.2) is 63.2 Å². The van der Waals surface area contributed by atoms with Crippen LogP contribution in [-0.2, 0) is 5.54 Å². The van der Waals surface area contributed by atoms with Crippen molar-refractivity contribution in [3.63, 3.8) is 0 Å². The highest BCUT2D eigenvalue weighted by Crippen LogP contribution is 2.26. The molecule has 6 nitrogen and oxygen atoms in total. The monoisotopic (exact) mass is 266 g/mol. The van der Waals surface area contributed by atoms with Crippen molar-refractivity contribution >= 4 is 0 Å². The molecule has 0 radical (unpaired) electrons. The molecule has 2 rings (SSSR count). The molecule has 108 valence electrons. The van der Waals surface area contributed by atoms with Gasteiger partial charge in [0.05, 0.1) is 11.6 Å². The van der Waals surface area contributed by atoms with Crippen molar-refractivity contribution in [1.82, 2.24) is 30.0 Å². The van der Waals surface area contributed by atoms with Crippen LogP contribution in [0.15, 0.2) is 0 Å². The van der Waals surface area contributed by atoms with Crippen LogP contribution in [0.3, 0.4) is 0 Å². The zero-order chi connectivity index (χ0) is 14.0. The molecule has 1 atom stereocenters. The maximum Gasteiger partial charge on any atom is 0.168 e. The Balaban J connectivity index is 2.20. The fourth-order valence-corrected chi connectivity index (χ4v) is 2.62. The summed E-state index contributed by atoms with van der Waals surface area (Å²) in [4.78, 5) is 4.88. The highest BCUT2D eigenvalue weighted by Gasteiger charge is 2.30. The van der Waals surface area contributed by atoms with Crippen LogP contribution in [0.25, 0.3) is 0 Å². The molecule has 0 spiro atoms. The summed E-state index contributed by atoms with van der Waals surface area (Å²) < 4.78 is 1.97. The van der Waals surface area contributed by atoms with Gasteiger partial charge in [-0.15, -0.1) is 5.10 Å². The fraction of sp³-hybridized carbons (Fsp3) is 0.923. The van der Waals surface area contributed by atoms with E-state index in [9.17, 15) is 0 Å². The summed E-state index contributed by atoms with van der Waals surface area (Å²) >= 11 is 0. The van der Waals surface area contributed by atoms with Crippen LogP contribution in [0, 0.1) is 0 Å². The molecule has 6 heteroatoms. The average Bonchev–Trinajstić information content (AvgIpc) is 2.81. The number of hydrogen-bond acceptors (Lipinski definition) is 5. The number of hydrogen-bond donors (Lipinski definition) is 0. The van der Waals surface area contributed by atoms with Crippen molar-refractivity contribution in [2.45, 2.75) is 45.7 Å². The van der Waals surface area contributed by atoms with Gasteiger partial charge in [-0.05, 0) is 44.7 Å². The van der Waals surface area contributed by atoms with Gasteiger partial charge >= 0.3 is 0 Å². The van der Waals surface area contributed by atoms with Gasteiger partial charge < -0.3 is 4.90 Å². The van der Waals surface area contributed by atoms with E-state index in [0.717, 1.165) is 38.4 Å². The third-order valence-corrected chi connectivity index (χ3v) is 3.79. The summed E-state index contributed by atoms with van der Waals surface area (Å²) in [6.45, 7) is 13.1. The minimum atomic E-state index is -0.0706. The molecule has 0 bridgehead atoms. The summed E-state index contributed by atoms with van der Waals surface area (Å²) in [5.41, 5.74) is -0.0706. The molecule has 1 saturated heterocycles. The van der Waals surface area contributed by atoms with E-state index in [1.54, 1.807) is 0 Å². The molecule has 1 aliphatic heterocycles. The first-order valence-corrected chi connectivity index (χ1v) is 7.15. The van der Waals surface area contributed by atoms with Crippen molar-refractivity contribution in [1.29, 1.82) is 0 Å². The summed E-state index contributed by atoms with van der Waals surface area (Å²) in [5, 5.41) is 12.4. The summed E-state index contributed by atoms with van der Waals surface area (Å²) in [7, 11) is 2.18. The Hall–Kier alpha value is -1.01. The van der Waals surface area contributed by atoms with Crippen LogP contribution >= 0.6 is 0 Å². The lowest BCUT2D eigenvalue weighted by molar-refractivity contribution is 0.0992. The maximum atomic E-state index is 4.29. The number of nitrogens with zero attached hydrogens (tertiary/aromatic N) is 6. The Labute approximate surface area is 115 Å². The number of likely N-dealkylation sites (N-methyl/N-ethyl adjacent to an activating group) is 1. The van der Waals surface area contributed by atoms with Gasteiger partial charge in [0, 0.05) is 26.2 Å². The molecule has 19 heavy (non-hydrogen) atoms. The Bertz CT molecular complexity index is 400. The van der Waals surface area contributed by atoms with E-state index in [1.165, 1.54) is 0 Å². The predicted molar refractivity (Wildman–Crippen MR) is 74.9 cm³/mol.